The molecule has 0 aliphatic carbocycles. The van der Waals surface area contributed by atoms with Crippen molar-refractivity contribution in [3.8, 4) is 0 Å². The maximum Gasteiger partial charge on any atom is 0.317 e. The Kier molecular flexibility index (Phi) is 7.86. The van der Waals surface area contributed by atoms with Crippen LogP contribution in [0.25, 0.3) is 0 Å². The van der Waals surface area contributed by atoms with Gasteiger partial charge < -0.3 is 15.4 Å². The molecule has 0 saturated carbocycles. The summed E-state index contributed by atoms with van der Waals surface area (Å²) in [6.07, 6.45) is -0.501. The highest BCUT2D eigenvalue weighted by molar-refractivity contribution is 6.44. The number of Topliss-reactive ketones (excluding diaryl/α,β-unsaturated/α-hetero) is 1. The summed E-state index contributed by atoms with van der Waals surface area (Å²) in [6.45, 7) is 5.83. The minimum absolute atomic E-state index is 0.119. The zero-order chi connectivity index (χ0) is 22.3. The summed E-state index contributed by atoms with van der Waals surface area (Å²) in [5, 5.41) is 5.17. The second kappa shape index (κ2) is 10.3. The Morgan fingerprint density at radius 1 is 0.933 bits per heavy atom. The van der Waals surface area contributed by atoms with Crippen molar-refractivity contribution in [2.45, 2.75) is 33.1 Å². The summed E-state index contributed by atoms with van der Waals surface area (Å²) >= 11 is 0. The first-order chi connectivity index (χ1) is 14.2. The summed E-state index contributed by atoms with van der Waals surface area (Å²) in [5.41, 5.74) is 2.88. The highest BCUT2D eigenvalue weighted by atomic mass is 16.5. The van der Waals surface area contributed by atoms with Gasteiger partial charge in [-0.1, -0.05) is 49.7 Å². The molecule has 0 aliphatic rings. The second-order valence-corrected chi connectivity index (χ2v) is 7.25. The van der Waals surface area contributed by atoms with E-state index < -0.39 is 35.9 Å². The first-order valence-corrected chi connectivity index (χ1v) is 9.61. The first-order valence-electron chi connectivity index (χ1n) is 9.61. The number of esters is 1. The van der Waals surface area contributed by atoms with Crippen LogP contribution in [0, 0.1) is 12.8 Å². The Balaban J connectivity index is 2.13. The zero-order valence-electron chi connectivity index (χ0n) is 17.5. The summed E-state index contributed by atoms with van der Waals surface area (Å²) < 4.78 is 4.64. The Labute approximate surface area is 175 Å². The van der Waals surface area contributed by atoms with E-state index in [2.05, 4.69) is 15.4 Å². The summed E-state index contributed by atoms with van der Waals surface area (Å²) in [5.74, 6) is -4.93. The number of benzene rings is 2. The van der Waals surface area contributed by atoms with Crippen molar-refractivity contribution in [3.05, 3.63) is 59.7 Å². The van der Waals surface area contributed by atoms with Gasteiger partial charge in [-0.05, 0) is 36.6 Å². The number of carbonyl (C=O) groups excluding carboxylic acids is 4. The summed E-state index contributed by atoms with van der Waals surface area (Å²) in [4.78, 5) is 49.7. The van der Waals surface area contributed by atoms with Crippen LogP contribution in [0.15, 0.2) is 48.5 Å². The predicted molar refractivity (Wildman–Crippen MR) is 114 cm³/mol. The van der Waals surface area contributed by atoms with E-state index in [-0.39, 0.29) is 5.92 Å². The lowest BCUT2D eigenvalue weighted by Crippen LogP contribution is -2.37. The molecule has 158 valence electrons. The molecule has 7 heteroatoms. The van der Waals surface area contributed by atoms with Crippen molar-refractivity contribution in [3.63, 3.8) is 0 Å². The van der Waals surface area contributed by atoms with E-state index in [9.17, 15) is 19.2 Å². The molecule has 0 heterocycles. The van der Waals surface area contributed by atoms with Crippen LogP contribution in [0.1, 0.15) is 37.3 Å². The maximum atomic E-state index is 12.7. The van der Waals surface area contributed by atoms with Gasteiger partial charge in [0.15, 0.2) is 0 Å². The Morgan fingerprint density at radius 2 is 1.57 bits per heavy atom. The van der Waals surface area contributed by atoms with Gasteiger partial charge in [0.25, 0.3) is 5.91 Å². The molecule has 30 heavy (non-hydrogen) atoms. The van der Waals surface area contributed by atoms with Crippen LogP contribution >= 0.6 is 0 Å². The van der Waals surface area contributed by atoms with Gasteiger partial charge in [0, 0.05) is 17.8 Å². The fourth-order valence-electron chi connectivity index (χ4n) is 2.92. The van der Waals surface area contributed by atoms with Crippen LogP contribution < -0.4 is 10.6 Å². The molecule has 2 N–H and O–H groups in total. The molecule has 0 spiro atoms. The number of carbonyl (C=O) groups is 4. The SMILES string of the molecule is COC(=O)[C@@H](CC(=O)Nc1ccc(C)cc1)C(=O)C(=O)Nc1ccccc1C(C)C. The number of ketones is 1. The van der Waals surface area contributed by atoms with Crippen molar-refractivity contribution in [2.75, 3.05) is 17.7 Å². The number of rotatable bonds is 8. The van der Waals surface area contributed by atoms with Crippen LogP contribution in [0.4, 0.5) is 11.4 Å². The molecule has 0 unspecified atom stereocenters. The lowest BCUT2D eigenvalue weighted by atomic mass is 9.97. The van der Waals surface area contributed by atoms with Crippen LogP contribution in [0.2, 0.25) is 0 Å². The molecule has 2 aromatic carbocycles. The third-order valence-electron chi connectivity index (χ3n) is 4.58. The van der Waals surface area contributed by atoms with E-state index in [1.165, 1.54) is 0 Å². The molecule has 1 atom stereocenters. The number of anilines is 2. The minimum atomic E-state index is -1.54. The number of aryl methyl sites for hydroxylation is 1. The number of para-hydroxylation sites is 1. The minimum Gasteiger partial charge on any atom is -0.468 e. The van der Waals surface area contributed by atoms with Gasteiger partial charge in [0.2, 0.25) is 11.7 Å². The molecule has 7 nitrogen and oxygen atoms in total. The Morgan fingerprint density at radius 3 is 2.17 bits per heavy atom. The predicted octanol–water partition coefficient (Wildman–Crippen LogP) is 3.44. The molecule has 0 aliphatic heterocycles. The van der Waals surface area contributed by atoms with Crippen LogP contribution in [-0.4, -0.2) is 30.7 Å². The zero-order valence-corrected chi connectivity index (χ0v) is 17.5. The van der Waals surface area contributed by atoms with Crippen LogP contribution in [-0.2, 0) is 23.9 Å². The Bertz CT molecular complexity index is 935. The quantitative estimate of drug-likeness (QED) is 0.394. The van der Waals surface area contributed by atoms with Gasteiger partial charge >= 0.3 is 5.97 Å². The standard InChI is InChI=1S/C23H26N2O5/c1-14(2)17-7-5-6-8-19(17)25-22(28)21(27)18(23(29)30-4)13-20(26)24-16-11-9-15(3)10-12-16/h5-12,14,18H,13H2,1-4H3,(H,24,26)(H,25,28)/t18-/m0/s1. The van der Waals surface area contributed by atoms with E-state index in [0.717, 1.165) is 18.2 Å². The molecule has 0 bridgehead atoms. The monoisotopic (exact) mass is 410 g/mol. The molecule has 0 aromatic heterocycles. The summed E-state index contributed by atoms with van der Waals surface area (Å²) in [7, 11) is 1.10. The number of hydrogen-bond acceptors (Lipinski definition) is 5. The maximum absolute atomic E-state index is 12.7. The molecule has 0 radical (unpaired) electrons. The molecule has 2 amide bonds. The van der Waals surface area contributed by atoms with Gasteiger partial charge in [-0.3, -0.25) is 19.2 Å². The third-order valence-corrected chi connectivity index (χ3v) is 4.58. The van der Waals surface area contributed by atoms with Gasteiger partial charge in [0.05, 0.1) is 7.11 Å². The van der Waals surface area contributed by atoms with Crippen molar-refractivity contribution >= 4 is 34.9 Å². The fraction of sp³-hybridized carbons (Fsp3) is 0.304. The van der Waals surface area contributed by atoms with E-state index in [1.54, 1.807) is 24.3 Å². The van der Waals surface area contributed by atoms with Crippen molar-refractivity contribution in [1.29, 1.82) is 0 Å². The number of nitrogens with one attached hydrogen (secondary N) is 2. The average molecular weight is 410 g/mol. The molecule has 0 saturated heterocycles. The van der Waals surface area contributed by atoms with Gasteiger partial charge in [-0.2, -0.15) is 0 Å². The van der Waals surface area contributed by atoms with Gasteiger partial charge in [-0.25, -0.2) is 0 Å². The van der Waals surface area contributed by atoms with E-state index in [0.29, 0.717) is 11.4 Å². The van der Waals surface area contributed by atoms with Crippen LogP contribution in [0.3, 0.4) is 0 Å². The number of ether oxygens (including phenoxy) is 1. The van der Waals surface area contributed by atoms with E-state index in [1.807, 2.05) is 45.0 Å². The molecular weight excluding hydrogens is 384 g/mol. The normalized spacial score (nSPS) is 11.5. The van der Waals surface area contributed by atoms with Crippen molar-refractivity contribution in [1.82, 2.24) is 0 Å². The topological polar surface area (TPSA) is 102 Å². The van der Waals surface area contributed by atoms with E-state index >= 15 is 0 Å². The first kappa shape index (κ1) is 22.8. The molecule has 0 fully saturated rings. The Hall–Kier alpha value is -3.48. The van der Waals surface area contributed by atoms with Crippen LogP contribution in [0.5, 0.6) is 0 Å². The largest absolute Gasteiger partial charge is 0.468 e. The highest BCUT2D eigenvalue weighted by Crippen LogP contribution is 2.24. The second-order valence-electron chi connectivity index (χ2n) is 7.25. The highest BCUT2D eigenvalue weighted by Gasteiger charge is 2.35. The molecule has 2 aromatic rings. The smallest absolute Gasteiger partial charge is 0.317 e. The fourth-order valence-corrected chi connectivity index (χ4v) is 2.92. The third kappa shape index (κ3) is 6.01. The lowest BCUT2D eigenvalue weighted by Gasteiger charge is -2.16. The summed E-state index contributed by atoms with van der Waals surface area (Å²) in [6, 6.07) is 14.1. The van der Waals surface area contributed by atoms with Crippen molar-refractivity contribution < 1.29 is 23.9 Å². The number of hydrogen-bond donors (Lipinski definition) is 2. The molecular formula is C23H26N2O5. The van der Waals surface area contributed by atoms with Crippen molar-refractivity contribution in [2.24, 2.45) is 5.92 Å². The number of amides is 2. The average Bonchev–Trinajstić information content (AvgIpc) is 2.72. The van der Waals surface area contributed by atoms with E-state index in [4.69, 9.17) is 0 Å². The van der Waals surface area contributed by atoms with Gasteiger partial charge in [0.1, 0.15) is 5.92 Å². The van der Waals surface area contributed by atoms with Gasteiger partial charge in [-0.15, -0.1) is 0 Å². The number of methoxy groups -OCH3 is 1. The lowest BCUT2D eigenvalue weighted by molar-refractivity contribution is -0.153. The molecule has 2 rings (SSSR count).